The van der Waals surface area contributed by atoms with E-state index < -0.39 is 28.4 Å². The SMILES string of the molecule is CCOC(=O)c1ccccc1N(CC(=O)NCCOC)S(C)(=O)=O. The van der Waals surface area contributed by atoms with Crippen LogP contribution in [0.2, 0.25) is 0 Å². The van der Waals surface area contributed by atoms with E-state index in [-0.39, 0.29) is 24.4 Å². The second-order valence-corrected chi connectivity index (χ2v) is 6.76. The zero-order chi connectivity index (χ0) is 18.2. The quantitative estimate of drug-likeness (QED) is 0.506. The third-order valence-electron chi connectivity index (χ3n) is 2.98. The molecular weight excluding hydrogens is 336 g/mol. The van der Waals surface area contributed by atoms with Crippen LogP contribution < -0.4 is 9.62 Å². The number of hydrogen-bond acceptors (Lipinski definition) is 6. The number of hydrogen-bond donors (Lipinski definition) is 1. The highest BCUT2D eigenvalue weighted by atomic mass is 32.2. The average Bonchev–Trinajstić information content (AvgIpc) is 2.52. The lowest BCUT2D eigenvalue weighted by molar-refractivity contribution is -0.119. The molecule has 8 nitrogen and oxygen atoms in total. The number of nitrogens with one attached hydrogen (secondary N) is 1. The molecule has 0 atom stereocenters. The van der Waals surface area contributed by atoms with E-state index in [4.69, 9.17) is 9.47 Å². The fraction of sp³-hybridized carbons (Fsp3) is 0.467. The van der Waals surface area contributed by atoms with Gasteiger partial charge < -0.3 is 14.8 Å². The van der Waals surface area contributed by atoms with E-state index in [0.29, 0.717) is 6.61 Å². The van der Waals surface area contributed by atoms with E-state index in [1.54, 1.807) is 19.1 Å². The number of amides is 1. The lowest BCUT2D eigenvalue weighted by atomic mass is 10.2. The first-order chi connectivity index (χ1) is 11.3. The van der Waals surface area contributed by atoms with Crippen LogP contribution in [0.25, 0.3) is 0 Å². The molecule has 1 aromatic carbocycles. The summed E-state index contributed by atoms with van der Waals surface area (Å²) in [6, 6.07) is 6.08. The Morgan fingerprint density at radius 1 is 1.25 bits per heavy atom. The van der Waals surface area contributed by atoms with Gasteiger partial charge in [-0.2, -0.15) is 0 Å². The molecule has 0 aliphatic heterocycles. The molecule has 1 N–H and O–H groups in total. The highest BCUT2D eigenvalue weighted by molar-refractivity contribution is 7.92. The standard InChI is InChI=1S/C15H22N2O6S/c1-4-23-15(19)12-7-5-6-8-13(12)17(24(3,20)21)11-14(18)16-9-10-22-2/h5-8H,4,9-11H2,1-3H3,(H,16,18). The number of methoxy groups -OCH3 is 1. The summed E-state index contributed by atoms with van der Waals surface area (Å²) >= 11 is 0. The Hall–Kier alpha value is -2.13. The summed E-state index contributed by atoms with van der Waals surface area (Å²) in [7, 11) is -2.29. The average molecular weight is 358 g/mol. The Bertz CT molecular complexity index is 674. The molecule has 0 fully saturated rings. The summed E-state index contributed by atoms with van der Waals surface area (Å²) < 4.78 is 34.8. The first-order valence-electron chi connectivity index (χ1n) is 7.30. The summed E-state index contributed by atoms with van der Waals surface area (Å²) in [6.07, 6.45) is 0.970. The fourth-order valence-corrected chi connectivity index (χ4v) is 2.80. The first kappa shape index (κ1) is 19.9. The zero-order valence-electron chi connectivity index (χ0n) is 13.9. The maximum absolute atomic E-state index is 12.1. The van der Waals surface area contributed by atoms with Crippen LogP contribution in [0.4, 0.5) is 5.69 Å². The minimum atomic E-state index is -3.78. The Kier molecular flexibility index (Phi) is 7.66. The van der Waals surface area contributed by atoms with E-state index in [2.05, 4.69) is 5.32 Å². The van der Waals surface area contributed by atoms with E-state index >= 15 is 0 Å². The summed E-state index contributed by atoms with van der Waals surface area (Å²) in [5.41, 5.74) is 0.176. The predicted molar refractivity (Wildman–Crippen MR) is 89.5 cm³/mol. The van der Waals surface area contributed by atoms with Crippen molar-refractivity contribution >= 4 is 27.6 Å². The summed E-state index contributed by atoms with van der Waals surface area (Å²) in [5, 5.41) is 2.54. The van der Waals surface area contributed by atoms with Crippen molar-refractivity contribution in [2.24, 2.45) is 0 Å². The van der Waals surface area contributed by atoms with Crippen LogP contribution >= 0.6 is 0 Å². The summed E-state index contributed by atoms with van der Waals surface area (Å²) in [6.45, 7) is 1.93. The van der Waals surface area contributed by atoms with Gasteiger partial charge in [-0.3, -0.25) is 9.10 Å². The molecule has 0 spiro atoms. The van der Waals surface area contributed by atoms with Gasteiger partial charge in [0.25, 0.3) is 0 Å². The molecule has 1 rings (SSSR count). The van der Waals surface area contributed by atoms with Gasteiger partial charge in [-0.25, -0.2) is 13.2 Å². The van der Waals surface area contributed by atoms with Crippen LogP contribution in [0.15, 0.2) is 24.3 Å². The molecule has 0 saturated carbocycles. The summed E-state index contributed by atoms with van der Waals surface area (Å²) in [4.78, 5) is 24.0. The molecule has 0 heterocycles. The maximum Gasteiger partial charge on any atom is 0.340 e. The van der Waals surface area contributed by atoms with Gasteiger partial charge in [0.1, 0.15) is 6.54 Å². The molecule has 0 bridgehead atoms. The van der Waals surface area contributed by atoms with Crippen LogP contribution in [-0.2, 0) is 24.3 Å². The highest BCUT2D eigenvalue weighted by Crippen LogP contribution is 2.23. The maximum atomic E-state index is 12.1. The molecule has 24 heavy (non-hydrogen) atoms. The predicted octanol–water partition coefficient (Wildman–Crippen LogP) is 0.392. The van der Waals surface area contributed by atoms with Crippen LogP contribution in [0.5, 0.6) is 0 Å². The van der Waals surface area contributed by atoms with E-state index in [1.807, 2.05) is 0 Å². The second kappa shape index (κ2) is 9.24. The topological polar surface area (TPSA) is 102 Å². The Balaban J connectivity index is 3.10. The molecule has 9 heteroatoms. The molecule has 1 amide bonds. The number of rotatable bonds is 9. The number of benzene rings is 1. The Labute approximate surface area is 141 Å². The van der Waals surface area contributed by atoms with Crippen molar-refractivity contribution in [1.29, 1.82) is 0 Å². The normalized spacial score (nSPS) is 11.0. The van der Waals surface area contributed by atoms with Gasteiger partial charge in [0.05, 0.1) is 30.7 Å². The molecule has 0 saturated heterocycles. The smallest absolute Gasteiger partial charge is 0.340 e. The Morgan fingerprint density at radius 3 is 2.50 bits per heavy atom. The number of sulfonamides is 1. The number of ether oxygens (including phenoxy) is 2. The van der Waals surface area contributed by atoms with Gasteiger partial charge in [-0.15, -0.1) is 0 Å². The highest BCUT2D eigenvalue weighted by Gasteiger charge is 2.25. The van der Waals surface area contributed by atoms with Gasteiger partial charge in [0.15, 0.2) is 0 Å². The summed E-state index contributed by atoms with van der Waals surface area (Å²) in [5.74, 6) is -1.15. The number of carbonyl (C=O) groups is 2. The van der Waals surface area contributed by atoms with E-state index in [1.165, 1.54) is 19.2 Å². The number of para-hydroxylation sites is 1. The third-order valence-corrected chi connectivity index (χ3v) is 4.11. The van der Waals surface area contributed by atoms with E-state index in [0.717, 1.165) is 10.6 Å². The van der Waals surface area contributed by atoms with Crippen LogP contribution in [0.1, 0.15) is 17.3 Å². The first-order valence-corrected chi connectivity index (χ1v) is 9.15. The molecule has 0 aromatic heterocycles. The minimum Gasteiger partial charge on any atom is -0.462 e. The number of nitrogens with zero attached hydrogens (tertiary/aromatic N) is 1. The van der Waals surface area contributed by atoms with Crippen molar-refractivity contribution in [2.75, 3.05) is 44.0 Å². The van der Waals surface area contributed by atoms with Crippen LogP contribution in [0, 0.1) is 0 Å². The van der Waals surface area contributed by atoms with Gasteiger partial charge in [0, 0.05) is 13.7 Å². The minimum absolute atomic E-state index is 0.0782. The van der Waals surface area contributed by atoms with Crippen molar-refractivity contribution in [3.63, 3.8) is 0 Å². The molecule has 0 radical (unpaired) electrons. The molecule has 1 aromatic rings. The number of anilines is 1. The number of carbonyl (C=O) groups excluding carboxylic acids is 2. The van der Waals surface area contributed by atoms with E-state index in [9.17, 15) is 18.0 Å². The number of esters is 1. The largest absolute Gasteiger partial charge is 0.462 e. The molecule has 0 unspecified atom stereocenters. The van der Waals surface area contributed by atoms with Gasteiger partial charge in [-0.05, 0) is 19.1 Å². The van der Waals surface area contributed by atoms with Crippen molar-refractivity contribution in [2.45, 2.75) is 6.92 Å². The second-order valence-electron chi connectivity index (χ2n) is 4.85. The van der Waals surface area contributed by atoms with Crippen molar-refractivity contribution in [3.8, 4) is 0 Å². The zero-order valence-corrected chi connectivity index (χ0v) is 14.8. The molecular formula is C15H22N2O6S. The lowest BCUT2D eigenvalue weighted by Crippen LogP contribution is -2.41. The van der Waals surface area contributed by atoms with Gasteiger partial charge in [0.2, 0.25) is 15.9 Å². The van der Waals surface area contributed by atoms with Crippen molar-refractivity contribution in [1.82, 2.24) is 5.32 Å². The molecule has 0 aliphatic rings. The van der Waals surface area contributed by atoms with Crippen LogP contribution in [0.3, 0.4) is 0 Å². The van der Waals surface area contributed by atoms with Crippen molar-refractivity contribution in [3.05, 3.63) is 29.8 Å². The molecule has 134 valence electrons. The van der Waals surface area contributed by atoms with Gasteiger partial charge >= 0.3 is 5.97 Å². The fourth-order valence-electron chi connectivity index (χ4n) is 1.93. The van der Waals surface area contributed by atoms with Crippen molar-refractivity contribution < 1.29 is 27.5 Å². The lowest BCUT2D eigenvalue weighted by Gasteiger charge is -2.23. The third kappa shape index (κ3) is 5.82. The monoisotopic (exact) mass is 358 g/mol. The molecule has 0 aliphatic carbocycles. The van der Waals surface area contributed by atoms with Crippen LogP contribution in [-0.4, -0.2) is 60.0 Å². The Morgan fingerprint density at radius 2 is 1.92 bits per heavy atom. The van der Waals surface area contributed by atoms with Gasteiger partial charge in [-0.1, -0.05) is 12.1 Å².